The summed E-state index contributed by atoms with van der Waals surface area (Å²) in [6.07, 6.45) is 0.624. The molecule has 0 fully saturated rings. The maximum Gasteiger partial charge on any atom is 0.274 e. The van der Waals surface area contributed by atoms with Crippen LogP contribution in [-0.2, 0) is 11.2 Å². The Morgan fingerprint density at radius 1 is 1.22 bits per heavy atom. The van der Waals surface area contributed by atoms with Crippen LogP contribution in [0.1, 0.15) is 17.0 Å². The first-order chi connectivity index (χ1) is 8.65. The quantitative estimate of drug-likeness (QED) is 0.839. The molecule has 3 heteroatoms. The van der Waals surface area contributed by atoms with Gasteiger partial charge in [-0.25, -0.2) is 4.99 Å². The standard InChI is InChI=1S/C15H14N2O/c1-9-7-10(2)16-14(9)8-12-11-5-3-4-6-13(11)17-15(12)18/h3-7,16H,8H2,1-2H3. The van der Waals surface area contributed by atoms with E-state index in [9.17, 15) is 4.79 Å². The fraction of sp³-hybridized carbons (Fsp3) is 0.200. The third kappa shape index (κ3) is 1.68. The summed E-state index contributed by atoms with van der Waals surface area (Å²) >= 11 is 0. The summed E-state index contributed by atoms with van der Waals surface area (Å²) in [4.78, 5) is 19.3. The molecule has 1 aromatic carbocycles. The molecule has 1 aromatic heterocycles. The zero-order valence-electron chi connectivity index (χ0n) is 10.4. The Morgan fingerprint density at radius 2 is 2.00 bits per heavy atom. The lowest BCUT2D eigenvalue weighted by Crippen LogP contribution is -2.22. The number of rotatable bonds is 2. The van der Waals surface area contributed by atoms with Gasteiger partial charge in [0.25, 0.3) is 5.91 Å². The normalized spacial score (nSPS) is 13.7. The lowest BCUT2D eigenvalue weighted by Gasteiger charge is -2.00. The van der Waals surface area contributed by atoms with E-state index in [4.69, 9.17) is 0 Å². The van der Waals surface area contributed by atoms with Gasteiger partial charge in [0.15, 0.2) is 0 Å². The Morgan fingerprint density at radius 3 is 2.72 bits per heavy atom. The summed E-state index contributed by atoms with van der Waals surface area (Å²) in [7, 11) is 0. The van der Waals surface area contributed by atoms with E-state index in [0.29, 0.717) is 6.42 Å². The van der Waals surface area contributed by atoms with Crippen LogP contribution < -0.4 is 10.6 Å². The van der Waals surface area contributed by atoms with Gasteiger partial charge < -0.3 is 4.98 Å². The van der Waals surface area contributed by atoms with Crippen LogP contribution in [0, 0.1) is 13.8 Å². The monoisotopic (exact) mass is 238 g/mol. The van der Waals surface area contributed by atoms with Crippen LogP contribution in [0.25, 0.3) is 5.57 Å². The molecule has 1 aliphatic heterocycles. The Bertz CT molecular complexity index is 753. The molecule has 0 atom stereocenters. The summed E-state index contributed by atoms with van der Waals surface area (Å²) < 4.78 is 0. The highest BCUT2D eigenvalue weighted by Gasteiger charge is 2.17. The van der Waals surface area contributed by atoms with Gasteiger partial charge in [-0.05, 0) is 31.5 Å². The van der Waals surface area contributed by atoms with Crippen molar-refractivity contribution in [3.8, 4) is 0 Å². The van der Waals surface area contributed by atoms with Crippen molar-refractivity contribution >= 4 is 11.5 Å². The zero-order valence-corrected chi connectivity index (χ0v) is 10.4. The average molecular weight is 238 g/mol. The number of nitrogens with one attached hydrogen (secondary N) is 1. The fourth-order valence-electron chi connectivity index (χ4n) is 2.43. The lowest BCUT2D eigenvalue weighted by molar-refractivity contribution is -0.112. The van der Waals surface area contributed by atoms with E-state index in [1.54, 1.807) is 0 Å². The van der Waals surface area contributed by atoms with E-state index in [0.717, 1.165) is 27.5 Å². The number of carbonyl (C=O) groups excluding carboxylic acids is 1. The molecule has 90 valence electrons. The van der Waals surface area contributed by atoms with Gasteiger partial charge in [0, 0.05) is 28.6 Å². The number of benzene rings is 1. The molecule has 2 heterocycles. The number of hydrogen-bond donors (Lipinski definition) is 1. The van der Waals surface area contributed by atoms with Gasteiger partial charge in [-0.15, -0.1) is 0 Å². The van der Waals surface area contributed by atoms with Gasteiger partial charge in [-0.2, -0.15) is 0 Å². The van der Waals surface area contributed by atoms with Crippen LogP contribution >= 0.6 is 0 Å². The Labute approximate surface area is 105 Å². The van der Waals surface area contributed by atoms with E-state index >= 15 is 0 Å². The highest BCUT2D eigenvalue weighted by molar-refractivity contribution is 6.15. The molecule has 0 unspecified atom stereocenters. The van der Waals surface area contributed by atoms with E-state index in [2.05, 4.69) is 23.0 Å². The smallest absolute Gasteiger partial charge is 0.274 e. The predicted octanol–water partition coefficient (Wildman–Crippen LogP) is 1.18. The van der Waals surface area contributed by atoms with Gasteiger partial charge in [0.1, 0.15) is 0 Å². The first-order valence-corrected chi connectivity index (χ1v) is 6.01. The summed E-state index contributed by atoms with van der Waals surface area (Å²) in [6, 6.07) is 9.79. The van der Waals surface area contributed by atoms with Crippen molar-refractivity contribution in [1.82, 2.24) is 4.98 Å². The Kier molecular flexibility index (Phi) is 2.40. The third-order valence-corrected chi connectivity index (χ3v) is 3.32. The summed E-state index contributed by atoms with van der Waals surface area (Å²) in [5.74, 6) is -0.108. The third-order valence-electron chi connectivity index (χ3n) is 3.32. The van der Waals surface area contributed by atoms with Crippen molar-refractivity contribution in [2.24, 2.45) is 4.99 Å². The molecule has 2 aromatic rings. The van der Waals surface area contributed by atoms with Crippen LogP contribution in [0.15, 0.2) is 35.3 Å². The second-order valence-electron chi connectivity index (χ2n) is 4.70. The van der Waals surface area contributed by atoms with Crippen LogP contribution in [0.4, 0.5) is 0 Å². The number of aromatic amines is 1. The van der Waals surface area contributed by atoms with Gasteiger partial charge >= 0.3 is 0 Å². The molecule has 0 bridgehead atoms. The molecule has 1 aliphatic rings. The van der Waals surface area contributed by atoms with E-state index in [-0.39, 0.29) is 5.91 Å². The molecule has 3 rings (SSSR count). The second kappa shape index (κ2) is 3.95. The fourth-order valence-corrected chi connectivity index (χ4v) is 2.43. The number of carbonyl (C=O) groups is 1. The summed E-state index contributed by atoms with van der Waals surface area (Å²) in [6.45, 7) is 4.08. The molecular formula is C15H14N2O. The molecule has 1 amide bonds. The van der Waals surface area contributed by atoms with Crippen LogP contribution in [0.3, 0.4) is 0 Å². The largest absolute Gasteiger partial charge is 0.362 e. The van der Waals surface area contributed by atoms with Crippen molar-refractivity contribution in [2.45, 2.75) is 20.3 Å². The molecule has 0 radical (unpaired) electrons. The van der Waals surface area contributed by atoms with E-state index < -0.39 is 0 Å². The number of aromatic nitrogens is 1. The van der Waals surface area contributed by atoms with Gasteiger partial charge in [0.05, 0.1) is 5.36 Å². The molecule has 0 saturated heterocycles. The number of nitrogens with zero attached hydrogens (tertiary/aromatic N) is 1. The van der Waals surface area contributed by atoms with E-state index in [1.807, 2.05) is 31.2 Å². The second-order valence-corrected chi connectivity index (χ2v) is 4.70. The first-order valence-electron chi connectivity index (χ1n) is 6.01. The van der Waals surface area contributed by atoms with Crippen LogP contribution in [-0.4, -0.2) is 10.9 Å². The van der Waals surface area contributed by atoms with Crippen LogP contribution in [0.5, 0.6) is 0 Å². The van der Waals surface area contributed by atoms with Crippen molar-refractivity contribution < 1.29 is 4.79 Å². The maximum absolute atomic E-state index is 11.9. The molecule has 0 spiro atoms. The number of H-pyrrole nitrogens is 1. The SMILES string of the molecule is Cc1cc(C)c(CC2=c3ccccc3=NC2=O)[nH]1. The van der Waals surface area contributed by atoms with Crippen molar-refractivity contribution in [1.29, 1.82) is 0 Å². The Balaban J connectivity index is 2.12. The molecular weight excluding hydrogens is 224 g/mol. The number of amides is 1. The first kappa shape index (κ1) is 11.0. The van der Waals surface area contributed by atoms with Crippen molar-refractivity contribution in [2.75, 3.05) is 0 Å². The zero-order chi connectivity index (χ0) is 12.7. The maximum atomic E-state index is 11.9. The summed E-state index contributed by atoms with van der Waals surface area (Å²) in [5.41, 5.74) is 4.20. The molecule has 1 N–H and O–H groups in total. The van der Waals surface area contributed by atoms with Crippen molar-refractivity contribution in [3.05, 3.63) is 57.9 Å². The molecule has 3 nitrogen and oxygen atoms in total. The van der Waals surface area contributed by atoms with Crippen molar-refractivity contribution in [3.63, 3.8) is 0 Å². The topological polar surface area (TPSA) is 45.2 Å². The lowest BCUT2D eigenvalue weighted by atomic mass is 10.1. The molecule has 18 heavy (non-hydrogen) atoms. The van der Waals surface area contributed by atoms with E-state index in [1.165, 1.54) is 5.56 Å². The number of aryl methyl sites for hydroxylation is 2. The molecule has 0 saturated carbocycles. The Hall–Kier alpha value is -2.16. The summed E-state index contributed by atoms with van der Waals surface area (Å²) in [5, 5.41) is 1.76. The number of para-hydroxylation sites is 1. The van der Waals surface area contributed by atoms with Crippen LogP contribution in [0.2, 0.25) is 0 Å². The minimum Gasteiger partial charge on any atom is -0.362 e. The predicted molar refractivity (Wildman–Crippen MR) is 69.6 cm³/mol. The van der Waals surface area contributed by atoms with Gasteiger partial charge in [-0.1, -0.05) is 18.2 Å². The number of hydrogen-bond acceptors (Lipinski definition) is 1. The highest BCUT2D eigenvalue weighted by atomic mass is 16.1. The number of fused-ring (bicyclic) bond motifs is 1. The van der Waals surface area contributed by atoms with Gasteiger partial charge in [-0.3, -0.25) is 4.79 Å². The molecule has 0 aliphatic carbocycles. The minimum atomic E-state index is -0.108. The van der Waals surface area contributed by atoms with Gasteiger partial charge in [0.2, 0.25) is 0 Å². The minimum absolute atomic E-state index is 0.108. The highest BCUT2D eigenvalue weighted by Crippen LogP contribution is 2.15. The average Bonchev–Trinajstić information content (AvgIpc) is 2.81.